The number of anilines is 1. The van der Waals surface area contributed by atoms with E-state index in [0.717, 1.165) is 22.3 Å². The van der Waals surface area contributed by atoms with Crippen LogP contribution in [0.2, 0.25) is 0 Å². The maximum Gasteiger partial charge on any atom is 0.238 e. The second-order valence-electron chi connectivity index (χ2n) is 4.79. The summed E-state index contributed by atoms with van der Waals surface area (Å²) < 4.78 is 0. The van der Waals surface area contributed by atoms with E-state index in [1.54, 1.807) is 6.20 Å². The number of nitrogens with zero attached hydrogens (tertiary/aromatic N) is 2. The van der Waals surface area contributed by atoms with Gasteiger partial charge in [-0.3, -0.25) is 9.78 Å². The Labute approximate surface area is 115 Å². The summed E-state index contributed by atoms with van der Waals surface area (Å²) >= 11 is 0. The molecule has 0 aliphatic carbocycles. The van der Waals surface area contributed by atoms with Gasteiger partial charge in [0.15, 0.2) is 0 Å². The maximum absolute atomic E-state index is 12.2. The van der Waals surface area contributed by atoms with E-state index in [4.69, 9.17) is 0 Å². The van der Waals surface area contributed by atoms with Crippen molar-refractivity contribution >= 4 is 22.6 Å². The minimum atomic E-state index is -0.372. The monoisotopic (exact) mass is 261 g/mol. The van der Waals surface area contributed by atoms with Crippen molar-refractivity contribution in [3.63, 3.8) is 0 Å². The zero-order valence-corrected chi connectivity index (χ0v) is 10.6. The number of amides is 1. The van der Waals surface area contributed by atoms with Crippen molar-refractivity contribution in [2.24, 2.45) is 0 Å². The number of benzene rings is 2. The molecule has 1 aromatic heterocycles. The van der Waals surface area contributed by atoms with E-state index in [-0.39, 0.29) is 11.8 Å². The standard InChI is InChI=1S/C16H11N3O/c20-16-15(10-5-1-2-6-11(10)19-16)14-9-17-12-7-3-4-8-13(12)18-14/h1-9,15H,(H,19,20). The SMILES string of the molecule is O=C1Nc2ccccc2C1c1cnc2ccccc2n1. The van der Waals surface area contributed by atoms with E-state index in [1.807, 2.05) is 48.5 Å². The zero-order chi connectivity index (χ0) is 13.5. The molecule has 2 aromatic carbocycles. The van der Waals surface area contributed by atoms with Gasteiger partial charge in [-0.2, -0.15) is 0 Å². The molecule has 1 aliphatic heterocycles. The maximum atomic E-state index is 12.2. The van der Waals surface area contributed by atoms with Crippen LogP contribution in [-0.2, 0) is 4.79 Å². The van der Waals surface area contributed by atoms with Gasteiger partial charge in [0.25, 0.3) is 0 Å². The van der Waals surface area contributed by atoms with Crippen LogP contribution in [0.25, 0.3) is 11.0 Å². The van der Waals surface area contributed by atoms with Gasteiger partial charge >= 0.3 is 0 Å². The fraction of sp³-hybridized carbons (Fsp3) is 0.0625. The Kier molecular flexibility index (Phi) is 2.29. The fourth-order valence-electron chi connectivity index (χ4n) is 2.61. The molecule has 1 aliphatic rings. The number of carbonyl (C=O) groups is 1. The second kappa shape index (κ2) is 4.13. The molecule has 1 unspecified atom stereocenters. The van der Waals surface area contributed by atoms with Crippen molar-refractivity contribution in [3.05, 3.63) is 66.0 Å². The summed E-state index contributed by atoms with van der Waals surface area (Å²) in [6.45, 7) is 0. The minimum absolute atomic E-state index is 0.0456. The summed E-state index contributed by atoms with van der Waals surface area (Å²) in [5, 5.41) is 2.89. The summed E-state index contributed by atoms with van der Waals surface area (Å²) in [4.78, 5) is 21.2. The van der Waals surface area contributed by atoms with Crippen LogP contribution < -0.4 is 5.32 Å². The number of fused-ring (bicyclic) bond motifs is 2. The average molecular weight is 261 g/mol. The first-order valence-electron chi connectivity index (χ1n) is 6.44. The normalized spacial score (nSPS) is 17.0. The molecular weight excluding hydrogens is 250 g/mol. The molecule has 4 heteroatoms. The van der Waals surface area contributed by atoms with Gasteiger partial charge in [0, 0.05) is 5.69 Å². The highest BCUT2D eigenvalue weighted by Crippen LogP contribution is 2.36. The van der Waals surface area contributed by atoms with Gasteiger partial charge in [-0.25, -0.2) is 4.98 Å². The van der Waals surface area contributed by atoms with Gasteiger partial charge < -0.3 is 5.32 Å². The van der Waals surface area contributed by atoms with Crippen LogP contribution >= 0.6 is 0 Å². The number of hydrogen-bond acceptors (Lipinski definition) is 3. The Hall–Kier alpha value is -2.75. The molecule has 2 heterocycles. The number of nitrogens with one attached hydrogen (secondary N) is 1. The summed E-state index contributed by atoms with van der Waals surface area (Å²) in [5.41, 5.74) is 4.15. The van der Waals surface area contributed by atoms with E-state index in [2.05, 4.69) is 15.3 Å². The molecule has 4 rings (SSSR count). The lowest BCUT2D eigenvalue weighted by Crippen LogP contribution is -2.14. The van der Waals surface area contributed by atoms with E-state index >= 15 is 0 Å². The topological polar surface area (TPSA) is 54.9 Å². The largest absolute Gasteiger partial charge is 0.325 e. The van der Waals surface area contributed by atoms with Gasteiger partial charge in [0.2, 0.25) is 5.91 Å². The van der Waals surface area contributed by atoms with Gasteiger partial charge in [-0.15, -0.1) is 0 Å². The van der Waals surface area contributed by atoms with Gasteiger partial charge in [-0.1, -0.05) is 30.3 Å². The van der Waals surface area contributed by atoms with E-state index in [1.165, 1.54) is 0 Å². The lowest BCUT2D eigenvalue weighted by atomic mass is 9.97. The molecule has 1 N–H and O–H groups in total. The summed E-state index contributed by atoms with van der Waals surface area (Å²) in [6, 6.07) is 15.4. The average Bonchev–Trinajstić information content (AvgIpc) is 2.82. The van der Waals surface area contributed by atoms with Gasteiger partial charge in [-0.05, 0) is 23.8 Å². The summed E-state index contributed by atoms with van der Waals surface area (Å²) in [7, 11) is 0. The third kappa shape index (κ3) is 1.58. The first kappa shape index (κ1) is 11.1. The molecule has 0 saturated heterocycles. The van der Waals surface area contributed by atoms with Crippen molar-refractivity contribution in [1.82, 2.24) is 9.97 Å². The van der Waals surface area contributed by atoms with Gasteiger partial charge in [0.05, 0.1) is 22.9 Å². The molecule has 1 atom stereocenters. The Morgan fingerprint density at radius 3 is 2.60 bits per heavy atom. The minimum Gasteiger partial charge on any atom is -0.325 e. The van der Waals surface area contributed by atoms with Crippen molar-refractivity contribution < 1.29 is 4.79 Å². The Morgan fingerprint density at radius 1 is 0.950 bits per heavy atom. The van der Waals surface area contributed by atoms with Crippen molar-refractivity contribution in [2.75, 3.05) is 5.32 Å². The highest BCUT2D eigenvalue weighted by Gasteiger charge is 2.32. The molecular formula is C16H11N3O. The molecule has 0 fully saturated rings. The number of carbonyl (C=O) groups excluding carboxylic acids is 1. The molecule has 0 spiro atoms. The van der Waals surface area contributed by atoms with Crippen LogP contribution in [0.4, 0.5) is 5.69 Å². The molecule has 0 bridgehead atoms. The van der Waals surface area contributed by atoms with E-state index < -0.39 is 0 Å². The van der Waals surface area contributed by atoms with Crippen molar-refractivity contribution in [1.29, 1.82) is 0 Å². The second-order valence-corrected chi connectivity index (χ2v) is 4.79. The Morgan fingerprint density at radius 2 is 1.70 bits per heavy atom. The smallest absolute Gasteiger partial charge is 0.238 e. The zero-order valence-electron chi connectivity index (χ0n) is 10.6. The highest BCUT2D eigenvalue weighted by molar-refractivity contribution is 6.04. The van der Waals surface area contributed by atoms with Crippen LogP contribution in [0.15, 0.2) is 54.7 Å². The van der Waals surface area contributed by atoms with Crippen LogP contribution in [0.5, 0.6) is 0 Å². The molecule has 3 aromatic rings. The Balaban J connectivity index is 1.89. The number of aromatic nitrogens is 2. The predicted octanol–water partition coefficient (Wildman–Crippen LogP) is 2.71. The molecule has 4 nitrogen and oxygen atoms in total. The fourth-order valence-corrected chi connectivity index (χ4v) is 2.61. The number of para-hydroxylation sites is 3. The van der Waals surface area contributed by atoms with Crippen LogP contribution in [-0.4, -0.2) is 15.9 Å². The van der Waals surface area contributed by atoms with E-state index in [9.17, 15) is 4.79 Å². The third-order valence-corrected chi connectivity index (χ3v) is 3.55. The predicted molar refractivity (Wildman–Crippen MR) is 76.5 cm³/mol. The summed E-state index contributed by atoms with van der Waals surface area (Å²) in [5.74, 6) is -0.418. The summed E-state index contributed by atoms with van der Waals surface area (Å²) in [6.07, 6.45) is 1.69. The highest BCUT2D eigenvalue weighted by atomic mass is 16.2. The van der Waals surface area contributed by atoms with Crippen LogP contribution in [0, 0.1) is 0 Å². The quantitative estimate of drug-likeness (QED) is 0.732. The van der Waals surface area contributed by atoms with E-state index in [0.29, 0.717) is 5.69 Å². The third-order valence-electron chi connectivity index (χ3n) is 3.55. The van der Waals surface area contributed by atoms with Crippen molar-refractivity contribution in [2.45, 2.75) is 5.92 Å². The lowest BCUT2D eigenvalue weighted by molar-refractivity contribution is -0.116. The first-order valence-corrected chi connectivity index (χ1v) is 6.44. The van der Waals surface area contributed by atoms with Crippen LogP contribution in [0.3, 0.4) is 0 Å². The molecule has 20 heavy (non-hydrogen) atoms. The lowest BCUT2D eigenvalue weighted by Gasteiger charge is -2.08. The van der Waals surface area contributed by atoms with Crippen molar-refractivity contribution in [3.8, 4) is 0 Å². The molecule has 0 saturated carbocycles. The van der Waals surface area contributed by atoms with Crippen LogP contribution in [0.1, 0.15) is 17.2 Å². The Bertz CT molecular complexity index is 829. The molecule has 96 valence electrons. The molecule has 0 radical (unpaired) electrons. The first-order chi connectivity index (χ1) is 9.83. The number of hydrogen-bond donors (Lipinski definition) is 1. The molecule has 1 amide bonds. The number of rotatable bonds is 1. The van der Waals surface area contributed by atoms with Gasteiger partial charge in [0.1, 0.15) is 5.92 Å².